The average Bonchev–Trinajstić information content (AvgIpc) is 2.90. The summed E-state index contributed by atoms with van der Waals surface area (Å²) in [6.07, 6.45) is 1.75. The Morgan fingerprint density at radius 1 is 1.31 bits per heavy atom. The summed E-state index contributed by atoms with van der Waals surface area (Å²) < 4.78 is 48.5. The van der Waals surface area contributed by atoms with E-state index in [4.69, 9.17) is 14.8 Å². The third-order valence-corrected chi connectivity index (χ3v) is 8.47. The lowest BCUT2D eigenvalue weighted by Gasteiger charge is -2.16. The van der Waals surface area contributed by atoms with Gasteiger partial charge in [-0.15, -0.1) is 0 Å². The summed E-state index contributed by atoms with van der Waals surface area (Å²) in [6, 6.07) is 0. The van der Waals surface area contributed by atoms with Crippen molar-refractivity contribution in [3.05, 3.63) is 16.7 Å². The van der Waals surface area contributed by atoms with Crippen molar-refractivity contribution in [2.75, 3.05) is 30.2 Å². The zero-order valence-electron chi connectivity index (χ0n) is 14.6. The summed E-state index contributed by atoms with van der Waals surface area (Å²) in [5.41, 5.74) is 5.04. The number of aromatic amines is 2. The topological polar surface area (TPSA) is 161 Å². The molecule has 0 atom stereocenters. The number of nitrogen functional groups attached to an aromatic ring is 1. The van der Waals surface area contributed by atoms with Gasteiger partial charge in [0.1, 0.15) is 0 Å². The van der Waals surface area contributed by atoms with Gasteiger partial charge >= 0.3 is 13.2 Å². The Morgan fingerprint density at radius 3 is 2.58 bits per heavy atom. The number of nitrogens with one attached hydrogen (secondary N) is 2. The number of hydrogen-bond acceptors (Lipinski definition) is 8. The van der Waals surface area contributed by atoms with Crippen LogP contribution in [0.3, 0.4) is 0 Å². The molecule has 13 heteroatoms. The fraction of sp³-hybridized carbons (Fsp3) is 0.615. The molecule has 0 aliphatic carbocycles. The van der Waals surface area contributed by atoms with E-state index in [0.717, 1.165) is 0 Å². The van der Waals surface area contributed by atoms with E-state index in [0.29, 0.717) is 5.65 Å². The van der Waals surface area contributed by atoms with E-state index in [9.17, 15) is 17.8 Å². The fourth-order valence-electron chi connectivity index (χ4n) is 2.46. The third-order valence-electron chi connectivity index (χ3n) is 3.42. The van der Waals surface area contributed by atoms with Gasteiger partial charge in [-0.05, 0) is 20.3 Å². The number of aromatic nitrogens is 4. The number of aryl methyl sites for hydroxylation is 1. The zero-order chi connectivity index (χ0) is 19.4. The minimum absolute atomic E-state index is 0.0298. The van der Waals surface area contributed by atoms with Crippen LogP contribution in [-0.2, 0) is 30.0 Å². The predicted octanol–water partition coefficient (Wildman–Crippen LogP) is 0.149. The number of fused-ring (bicyclic) bond motifs is 1. The second-order valence-electron chi connectivity index (χ2n) is 5.49. The number of H-pyrrole nitrogens is 2. The number of nitrogens with two attached hydrogens (primary N) is 1. The van der Waals surface area contributed by atoms with Crippen LogP contribution in [0.1, 0.15) is 20.3 Å². The molecule has 0 spiro atoms. The second-order valence-corrected chi connectivity index (χ2v) is 10.2. The van der Waals surface area contributed by atoms with E-state index in [2.05, 4.69) is 15.0 Å². The summed E-state index contributed by atoms with van der Waals surface area (Å²) in [4.78, 5) is 20.9. The van der Waals surface area contributed by atoms with Crippen LogP contribution in [0.5, 0.6) is 0 Å². The molecule has 0 saturated heterocycles. The van der Waals surface area contributed by atoms with E-state index in [1.54, 1.807) is 18.4 Å². The van der Waals surface area contributed by atoms with Gasteiger partial charge in [-0.2, -0.15) is 0 Å². The van der Waals surface area contributed by atoms with Crippen LogP contribution >= 0.6 is 7.60 Å². The lowest BCUT2D eigenvalue weighted by Crippen LogP contribution is -2.34. The van der Waals surface area contributed by atoms with Crippen molar-refractivity contribution in [1.82, 2.24) is 15.0 Å². The van der Waals surface area contributed by atoms with E-state index in [-0.39, 0.29) is 43.4 Å². The first-order valence-corrected chi connectivity index (χ1v) is 11.6. The van der Waals surface area contributed by atoms with Crippen molar-refractivity contribution in [2.45, 2.75) is 26.8 Å². The van der Waals surface area contributed by atoms with Crippen LogP contribution in [0.4, 0.5) is 5.95 Å². The molecule has 11 nitrogen and oxygen atoms in total. The molecule has 0 amide bonds. The monoisotopic (exact) mass is 408 g/mol. The van der Waals surface area contributed by atoms with Gasteiger partial charge in [-0.1, -0.05) is 4.98 Å². The number of hydrogen-bond donors (Lipinski definition) is 3. The smallest absolute Gasteiger partial charge is 0.345 e. The largest absolute Gasteiger partial charge is 0.355 e. The van der Waals surface area contributed by atoms with Gasteiger partial charge in [0.15, 0.2) is 21.7 Å². The molecule has 0 saturated carbocycles. The quantitative estimate of drug-likeness (QED) is 0.370. The highest BCUT2D eigenvalue weighted by Gasteiger charge is 2.31. The van der Waals surface area contributed by atoms with Gasteiger partial charge in [-0.25, -0.2) is 13.0 Å². The molecule has 146 valence electrons. The molecule has 2 heterocycles. The highest BCUT2D eigenvalue weighted by Crippen LogP contribution is 2.49. The van der Waals surface area contributed by atoms with Crippen LogP contribution in [0, 0.1) is 0 Å². The van der Waals surface area contributed by atoms with Crippen molar-refractivity contribution in [3.63, 3.8) is 0 Å². The molecule has 0 aromatic carbocycles. The predicted molar refractivity (Wildman–Crippen MR) is 95.5 cm³/mol. The summed E-state index contributed by atoms with van der Waals surface area (Å²) in [5.74, 6) is -0.243. The Kier molecular flexibility index (Phi) is 6.56. The fourth-order valence-corrected chi connectivity index (χ4v) is 6.93. The molecule has 26 heavy (non-hydrogen) atoms. The lowest BCUT2D eigenvalue weighted by atomic mass is 10.4. The van der Waals surface area contributed by atoms with Crippen molar-refractivity contribution in [1.29, 1.82) is 0 Å². The molecule has 0 bridgehead atoms. The Morgan fingerprint density at radius 2 is 1.96 bits per heavy atom. The number of imidazole rings is 1. The van der Waals surface area contributed by atoms with Crippen molar-refractivity contribution < 1.29 is 26.6 Å². The lowest BCUT2D eigenvalue weighted by molar-refractivity contribution is -0.672. The summed E-state index contributed by atoms with van der Waals surface area (Å²) in [5, 5.41) is 0. The summed E-state index contributed by atoms with van der Waals surface area (Å²) in [6.45, 7) is 3.71. The minimum atomic E-state index is -3.67. The van der Waals surface area contributed by atoms with Gasteiger partial charge in [0.05, 0.1) is 25.5 Å². The van der Waals surface area contributed by atoms with Gasteiger partial charge in [0.2, 0.25) is 5.52 Å². The molecule has 2 rings (SSSR count). The number of sulfone groups is 1. The number of anilines is 1. The van der Waals surface area contributed by atoms with E-state index in [1.165, 1.54) is 6.33 Å². The van der Waals surface area contributed by atoms with Crippen LogP contribution in [-0.4, -0.2) is 47.8 Å². The normalized spacial score (nSPS) is 12.7. The van der Waals surface area contributed by atoms with Crippen molar-refractivity contribution in [2.24, 2.45) is 0 Å². The molecule has 2 aromatic rings. The van der Waals surface area contributed by atoms with E-state index < -0.39 is 28.5 Å². The van der Waals surface area contributed by atoms with Gasteiger partial charge < -0.3 is 14.8 Å². The van der Waals surface area contributed by atoms with Crippen molar-refractivity contribution >= 4 is 34.5 Å². The number of nitrogens with zero attached hydrogens (tertiary/aromatic N) is 2. The van der Waals surface area contributed by atoms with Gasteiger partial charge in [-0.3, -0.25) is 19.3 Å². The Hall–Kier alpha value is -1.75. The zero-order valence-corrected chi connectivity index (χ0v) is 16.3. The SMILES string of the molecule is CCOP(=O)(CS(=O)(=O)CCC[n+]1c[nH]c2c(=O)[nH]c(N)nc21)OCC. The standard InChI is InChI=1S/C13H22N5O6PS/c1-3-23-25(20,24-4-2)9-26(21,22)7-5-6-18-8-15-10-11(18)16-13(14)17-12(10)19/h8H,3-7,9H2,1-2H3,(H3,14,16,17,19)/p+1. The van der Waals surface area contributed by atoms with Crippen molar-refractivity contribution in [3.8, 4) is 0 Å². The maximum absolute atomic E-state index is 12.4. The summed E-state index contributed by atoms with van der Waals surface area (Å²) >= 11 is 0. The molecule has 0 aliphatic rings. The molecule has 0 radical (unpaired) electrons. The van der Waals surface area contributed by atoms with Crippen LogP contribution in [0.15, 0.2) is 11.1 Å². The Bertz CT molecular complexity index is 959. The molecule has 0 aliphatic heterocycles. The molecule has 0 unspecified atom stereocenters. The van der Waals surface area contributed by atoms with Crippen LogP contribution in [0.2, 0.25) is 0 Å². The minimum Gasteiger partial charge on any atom is -0.355 e. The van der Waals surface area contributed by atoms with Crippen LogP contribution in [0.25, 0.3) is 11.2 Å². The first-order chi connectivity index (χ1) is 12.2. The highest BCUT2D eigenvalue weighted by molar-refractivity contribution is 7.97. The first kappa shape index (κ1) is 20.6. The highest BCUT2D eigenvalue weighted by atomic mass is 32.2. The molecule has 0 fully saturated rings. The van der Waals surface area contributed by atoms with Gasteiger partial charge in [0.25, 0.3) is 11.5 Å². The van der Waals surface area contributed by atoms with E-state index >= 15 is 0 Å². The maximum atomic E-state index is 12.4. The van der Waals surface area contributed by atoms with Gasteiger partial charge in [0, 0.05) is 0 Å². The maximum Gasteiger partial charge on any atom is 0.345 e. The third kappa shape index (κ3) is 5.13. The average molecular weight is 408 g/mol. The molecule has 4 N–H and O–H groups in total. The second kappa shape index (κ2) is 8.30. The molecule has 2 aromatic heterocycles. The Labute approximate surface area is 150 Å². The first-order valence-electron chi connectivity index (χ1n) is 8.04. The Balaban J connectivity index is 2.05. The van der Waals surface area contributed by atoms with E-state index in [1.807, 2.05) is 0 Å². The van der Waals surface area contributed by atoms with Crippen LogP contribution < -0.4 is 15.9 Å². The summed E-state index contributed by atoms with van der Waals surface area (Å²) in [7, 11) is -7.32. The molecular weight excluding hydrogens is 385 g/mol. The number of rotatable bonds is 10. The molecular formula is C13H23N5O6PS+.